The van der Waals surface area contributed by atoms with E-state index in [1.807, 2.05) is 6.92 Å². The molecule has 0 aliphatic rings. The summed E-state index contributed by atoms with van der Waals surface area (Å²) in [5.74, 6) is -1.36. The minimum absolute atomic E-state index is 0.0567. The van der Waals surface area contributed by atoms with E-state index in [1.54, 1.807) is 13.0 Å². The molecule has 1 atom stereocenters. The van der Waals surface area contributed by atoms with Crippen LogP contribution in [-0.4, -0.2) is 11.1 Å². The van der Waals surface area contributed by atoms with E-state index in [1.165, 1.54) is 12.1 Å². The number of aliphatic carboxylic acids is 1. The first-order valence-electron chi connectivity index (χ1n) is 5.56. The SMILES string of the molecule is CCCC(C)(Cc1ccc(Cl)c(F)c1)C(=O)O. The largest absolute Gasteiger partial charge is 0.481 e. The molecule has 0 aliphatic carbocycles. The molecule has 0 heterocycles. The lowest BCUT2D eigenvalue weighted by Crippen LogP contribution is -2.29. The molecule has 0 radical (unpaired) electrons. The second kappa shape index (κ2) is 5.50. The van der Waals surface area contributed by atoms with Crippen molar-refractivity contribution in [2.24, 2.45) is 5.41 Å². The van der Waals surface area contributed by atoms with Crippen LogP contribution in [0.15, 0.2) is 18.2 Å². The third-order valence-corrected chi connectivity index (χ3v) is 3.20. The highest BCUT2D eigenvalue weighted by molar-refractivity contribution is 6.30. The van der Waals surface area contributed by atoms with Gasteiger partial charge in [0.05, 0.1) is 10.4 Å². The molecule has 1 N–H and O–H groups in total. The molecule has 0 bridgehead atoms. The second-order valence-corrected chi connectivity index (χ2v) is 4.95. The summed E-state index contributed by atoms with van der Waals surface area (Å²) in [7, 11) is 0. The molecular weight excluding hydrogens is 243 g/mol. The Labute approximate surface area is 105 Å². The summed E-state index contributed by atoms with van der Waals surface area (Å²) in [4.78, 5) is 11.2. The van der Waals surface area contributed by atoms with Gasteiger partial charge in [-0.25, -0.2) is 4.39 Å². The van der Waals surface area contributed by atoms with Crippen molar-refractivity contribution < 1.29 is 14.3 Å². The lowest BCUT2D eigenvalue weighted by molar-refractivity contribution is -0.148. The fraction of sp³-hybridized carbons (Fsp3) is 0.462. The molecule has 17 heavy (non-hydrogen) atoms. The topological polar surface area (TPSA) is 37.3 Å². The van der Waals surface area contributed by atoms with Crippen molar-refractivity contribution in [3.63, 3.8) is 0 Å². The second-order valence-electron chi connectivity index (χ2n) is 4.54. The van der Waals surface area contributed by atoms with E-state index in [-0.39, 0.29) is 5.02 Å². The fourth-order valence-electron chi connectivity index (χ4n) is 1.92. The van der Waals surface area contributed by atoms with Gasteiger partial charge < -0.3 is 5.11 Å². The average molecular weight is 259 g/mol. The Morgan fingerprint density at radius 3 is 2.65 bits per heavy atom. The van der Waals surface area contributed by atoms with Gasteiger partial charge in [0.2, 0.25) is 0 Å². The maximum absolute atomic E-state index is 13.3. The maximum Gasteiger partial charge on any atom is 0.309 e. The Morgan fingerprint density at radius 2 is 2.18 bits per heavy atom. The molecule has 1 aromatic carbocycles. The molecule has 94 valence electrons. The summed E-state index contributed by atoms with van der Waals surface area (Å²) in [5, 5.41) is 9.29. The van der Waals surface area contributed by atoms with Gasteiger partial charge in [0, 0.05) is 0 Å². The molecule has 0 aromatic heterocycles. The standard InChI is InChI=1S/C13H16ClFO2/c1-3-6-13(2,12(16)17)8-9-4-5-10(14)11(15)7-9/h4-5,7H,3,6,8H2,1-2H3,(H,16,17). The number of hydrogen-bond donors (Lipinski definition) is 1. The molecule has 1 unspecified atom stereocenters. The normalized spacial score (nSPS) is 14.4. The zero-order valence-corrected chi connectivity index (χ0v) is 10.7. The third-order valence-electron chi connectivity index (χ3n) is 2.90. The van der Waals surface area contributed by atoms with Crippen LogP contribution in [0.1, 0.15) is 32.3 Å². The van der Waals surface area contributed by atoms with Gasteiger partial charge in [0.1, 0.15) is 5.82 Å². The van der Waals surface area contributed by atoms with Crippen molar-refractivity contribution in [1.82, 2.24) is 0 Å². The zero-order valence-electron chi connectivity index (χ0n) is 9.96. The summed E-state index contributed by atoms with van der Waals surface area (Å²) in [6.45, 7) is 3.62. The highest BCUT2D eigenvalue weighted by atomic mass is 35.5. The number of benzene rings is 1. The first kappa shape index (κ1) is 14.0. The van der Waals surface area contributed by atoms with Gasteiger partial charge in [-0.05, 0) is 37.5 Å². The Balaban J connectivity index is 2.94. The third kappa shape index (κ3) is 3.43. The summed E-state index contributed by atoms with van der Waals surface area (Å²) in [5.41, 5.74) is -0.195. The number of carbonyl (C=O) groups is 1. The van der Waals surface area contributed by atoms with Gasteiger partial charge in [-0.1, -0.05) is 31.0 Å². The van der Waals surface area contributed by atoms with Crippen LogP contribution in [0.2, 0.25) is 5.02 Å². The molecule has 4 heteroatoms. The van der Waals surface area contributed by atoms with Crippen molar-refractivity contribution in [3.05, 3.63) is 34.6 Å². The van der Waals surface area contributed by atoms with Crippen molar-refractivity contribution in [3.8, 4) is 0 Å². The monoisotopic (exact) mass is 258 g/mol. The van der Waals surface area contributed by atoms with E-state index < -0.39 is 17.2 Å². The predicted octanol–water partition coefficient (Wildman–Crippen LogP) is 3.91. The van der Waals surface area contributed by atoms with E-state index >= 15 is 0 Å². The minimum Gasteiger partial charge on any atom is -0.481 e. The van der Waals surface area contributed by atoms with Gasteiger partial charge in [0.25, 0.3) is 0 Å². The summed E-state index contributed by atoms with van der Waals surface area (Å²) in [6.07, 6.45) is 1.65. The molecule has 2 nitrogen and oxygen atoms in total. The van der Waals surface area contributed by atoms with Gasteiger partial charge in [-0.15, -0.1) is 0 Å². The van der Waals surface area contributed by atoms with Crippen molar-refractivity contribution in [1.29, 1.82) is 0 Å². The quantitative estimate of drug-likeness (QED) is 0.869. The Hall–Kier alpha value is -1.09. The Bertz CT molecular complexity index is 420. The lowest BCUT2D eigenvalue weighted by atomic mass is 9.80. The highest BCUT2D eigenvalue weighted by Gasteiger charge is 2.32. The van der Waals surface area contributed by atoms with E-state index in [4.69, 9.17) is 11.6 Å². The van der Waals surface area contributed by atoms with E-state index in [0.717, 1.165) is 6.42 Å². The summed E-state index contributed by atoms with van der Waals surface area (Å²) < 4.78 is 13.3. The van der Waals surface area contributed by atoms with Crippen molar-refractivity contribution in [2.45, 2.75) is 33.1 Å². The first-order chi connectivity index (χ1) is 7.89. The van der Waals surface area contributed by atoms with E-state index in [9.17, 15) is 14.3 Å². The predicted molar refractivity (Wildman–Crippen MR) is 65.8 cm³/mol. The molecule has 1 rings (SSSR count). The highest BCUT2D eigenvalue weighted by Crippen LogP contribution is 2.29. The molecule has 0 saturated heterocycles. The first-order valence-corrected chi connectivity index (χ1v) is 5.94. The van der Waals surface area contributed by atoms with Crippen LogP contribution >= 0.6 is 11.6 Å². The summed E-state index contributed by atoms with van der Waals surface area (Å²) in [6, 6.07) is 4.43. The van der Waals surface area contributed by atoms with Gasteiger partial charge in [-0.3, -0.25) is 4.79 Å². The Kier molecular flexibility index (Phi) is 4.52. The number of carboxylic acids is 1. The van der Waals surface area contributed by atoms with Crippen LogP contribution in [0.4, 0.5) is 4.39 Å². The van der Waals surface area contributed by atoms with E-state index in [2.05, 4.69) is 0 Å². The molecular formula is C13H16ClFO2. The number of rotatable bonds is 5. The smallest absolute Gasteiger partial charge is 0.309 e. The molecule has 1 aromatic rings. The van der Waals surface area contributed by atoms with E-state index in [0.29, 0.717) is 18.4 Å². The number of hydrogen-bond acceptors (Lipinski definition) is 1. The minimum atomic E-state index is -0.852. The average Bonchev–Trinajstić information content (AvgIpc) is 2.23. The van der Waals surface area contributed by atoms with Crippen LogP contribution < -0.4 is 0 Å². The maximum atomic E-state index is 13.3. The lowest BCUT2D eigenvalue weighted by Gasteiger charge is -2.24. The number of carboxylic acid groups (broad SMARTS) is 1. The van der Waals surface area contributed by atoms with Crippen LogP contribution in [0.3, 0.4) is 0 Å². The zero-order chi connectivity index (χ0) is 13.1. The van der Waals surface area contributed by atoms with Gasteiger partial charge in [-0.2, -0.15) is 0 Å². The molecule has 0 saturated carbocycles. The van der Waals surface area contributed by atoms with Crippen molar-refractivity contribution in [2.75, 3.05) is 0 Å². The molecule has 0 amide bonds. The van der Waals surface area contributed by atoms with Crippen LogP contribution in [0.25, 0.3) is 0 Å². The molecule has 0 spiro atoms. The molecule has 0 aliphatic heterocycles. The Morgan fingerprint density at radius 1 is 1.53 bits per heavy atom. The van der Waals surface area contributed by atoms with Crippen molar-refractivity contribution >= 4 is 17.6 Å². The van der Waals surface area contributed by atoms with Gasteiger partial charge in [0.15, 0.2) is 0 Å². The van der Waals surface area contributed by atoms with Crippen LogP contribution in [0.5, 0.6) is 0 Å². The van der Waals surface area contributed by atoms with Crippen LogP contribution in [0, 0.1) is 11.2 Å². The van der Waals surface area contributed by atoms with Crippen LogP contribution in [-0.2, 0) is 11.2 Å². The number of halogens is 2. The fourth-order valence-corrected chi connectivity index (χ4v) is 2.04. The summed E-state index contributed by atoms with van der Waals surface area (Å²) >= 11 is 5.58. The molecule has 0 fully saturated rings. The van der Waals surface area contributed by atoms with Gasteiger partial charge >= 0.3 is 5.97 Å².